The van der Waals surface area contributed by atoms with Gasteiger partial charge in [0, 0.05) is 15.6 Å². The topological polar surface area (TPSA) is 55.8 Å². The monoisotopic (exact) mass is 549 g/mol. The van der Waals surface area contributed by atoms with Gasteiger partial charge in [0.15, 0.2) is 11.5 Å². The number of carbonyl (C=O) groups excluding carboxylic acids is 2. The van der Waals surface area contributed by atoms with Crippen LogP contribution in [-0.2, 0) is 17.9 Å². The van der Waals surface area contributed by atoms with E-state index in [1.54, 1.807) is 43.5 Å². The molecule has 1 aliphatic rings. The highest BCUT2D eigenvalue weighted by molar-refractivity contribution is 8.18. The van der Waals surface area contributed by atoms with E-state index in [1.807, 2.05) is 30.3 Å². The Labute approximate surface area is 228 Å². The number of amides is 2. The molecule has 0 N–H and O–H groups in total. The van der Waals surface area contributed by atoms with E-state index in [0.29, 0.717) is 44.2 Å². The maximum Gasteiger partial charge on any atom is 0.293 e. The molecule has 0 saturated carbocycles. The third-order valence-electron chi connectivity index (χ3n) is 6.00. The van der Waals surface area contributed by atoms with E-state index < -0.39 is 5.91 Å². The lowest BCUT2D eigenvalue weighted by Gasteiger charge is -2.15. The van der Waals surface area contributed by atoms with Gasteiger partial charge in [0.1, 0.15) is 6.61 Å². The SMILES string of the molecule is COc1ccc(/C=C2\SC(=O)N(Cc3c(Cl)cccc3Cl)C2=O)cc1OCc1cccc2ccccc12. The third kappa shape index (κ3) is 5.32. The summed E-state index contributed by atoms with van der Waals surface area (Å²) in [6, 6.07) is 24.7. The van der Waals surface area contributed by atoms with Crippen molar-refractivity contribution in [3.8, 4) is 11.5 Å². The van der Waals surface area contributed by atoms with Crippen molar-refractivity contribution in [3.05, 3.63) is 111 Å². The summed E-state index contributed by atoms with van der Waals surface area (Å²) >= 11 is 13.4. The van der Waals surface area contributed by atoms with Gasteiger partial charge in [0.25, 0.3) is 11.1 Å². The van der Waals surface area contributed by atoms with Crippen LogP contribution >= 0.6 is 35.0 Å². The standard InChI is InChI=1S/C29H21Cl2NO4S/c1-35-25-13-12-18(14-26(25)36-17-20-8-4-7-19-6-2-3-9-21(19)20)15-27-28(33)32(29(34)37-27)16-22-23(30)10-5-11-24(22)31/h2-15H,16-17H2,1H3/b27-15-. The highest BCUT2D eigenvalue weighted by Gasteiger charge is 2.35. The second-order valence-electron chi connectivity index (χ2n) is 8.31. The van der Waals surface area contributed by atoms with Crippen LogP contribution in [-0.4, -0.2) is 23.2 Å². The first-order valence-electron chi connectivity index (χ1n) is 11.4. The Morgan fingerprint density at radius 3 is 2.41 bits per heavy atom. The molecule has 0 spiro atoms. The molecule has 1 saturated heterocycles. The molecule has 0 unspecified atom stereocenters. The van der Waals surface area contributed by atoms with Crippen LogP contribution < -0.4 is 9.47 Å². The molecule has 0 aliphatic carbocycles. The number of hydrogen-bond donors (Lipinski definition) is 0. The first kappa shape index (κ1) is 25.2. The second kappa shape index (κ2) is 10.9. The highest BCUT2D eigenvalue weighted by Crippen LogP contribution is 2.37. The number of carbonyl (C=O) groups is 2. The lowest BCUT2D eigenvalue weighted by atomic mass is 10.1. The van der Waals surface area contributed by atoms with Crippen LogP contribution in [0, 0.1) is 0 Å². The Hall–Kier alpha value is -3.45. The van der Waals surface area contributed by atoms with Gasteiger partial charge in [-0.2, -0.15) is 0 Å². The van der Waals surface area contributed by atoms with E-state index in [9.17, 15) is 9.59 Å². The van der Waals surface area contributed by atoms with Crippen molar-refractivity contribution >= 4 is 63.0 Å². The molecule has 0 aromatic heterocycles. The van der Waals surface area contributed by atoms with E-state index in [1.165, 1.54) is 0 Å². The minimum atomic E-state index is -0.403. The summed E-state index contributed by atoms with van der Waals surface area (Å²) in [6.07, 6.45) is 1.67. The maximum absolute atomic E-state index is 13.1. The van der Waals surface area contributed by atoms with Crippen molar-refractivity contribution < 1.29 is 19.1 Å². The van der Waals surface area contributed by atoms with E-state index in [-0.39, 0.29) is 11.8 Å². The molecule has 2 amide bonds. The van der Waals surface area contributed by atoms with Gasteiger partial charge in [-0.3, -0.25) is 14.5 Å². The highest BCUT2D eigenvalue weighted by atomic mass is 35.5. The normalized spacial score (nSPS) is 14.6. The smallest absolute Gasteiger partial charge is 0.293 e. The zero-order valence-corrected chi connectivity index (χ0v) is 22.1. The molecule has 1 heterocycles. The number of fused-ring (bicyclic) bond motifs is 1. The molecule has 4 aromatic rings. The molecule has 37 heavy (non-hydrogen) atoms. The second-order valence-corrected chi connectivity index (χ2v) is 10.1. The Morgan fingerprint density at radius 1 is 0.892 bits per heavy atom. The minimum absolute atomic E-state index is 0.00250. The number of thioether (sulfide) groups is 1. The van der Waals surface area contributed by atoms with Gasteiger partial charge < -0.3 is 9.47 Å². The van der Waals surface area contributed by atoms with Crippen molar-refractivity contribution in [1.29, 1.82) is 0 Å². The Morgan fingerprint density at radius 2 is 1.62 bits per heavy atom. The predicted octanol–water partition coefficient (Wildman–Crippen LogP) is 7.97. The average Bonchev–Trinajstić information content (AvgIpc) is 3.16. The number of nitrogens with zero attached hydrogens (tertiary/aromatic N) is 1. The summed E-state index contributed by atoms with van der Waals surface area (Å²) in [6.45, 7) is 0.346. The number of rotatable bonds is 7. The number of methoxy groups -OCH3 is 1. The van der Waals surface area contributed by atoms with Gasteiger partial charge in [0.2, 0.25) is 0 Å². The van der Waals surface area contributed by atoms with E-state index in [2.05, 4.69) is 18.2 Å². The fourth-order valence-electron chi connectivity index (χ4n) is 4.10. The Balaban J connectivity index is 1.37. The number of imide groups is 1. The fourth-order valence-corrected chi connectivity index (χ4v) is 5.45. The van der Waals surface area contributed by atoms with Crippen LogP contribution in [0.3, 0.4) is 0 Å². The Kier molecular flexibility index (Phi) is 7.42. The van der Waals surface area contributed by atoms with Crippen LogP contribution in [0.2, 0.25) is 10.0 Å². The van der Waals surface area contributed by atoms with Crippen molar-refractivity contribution in [2.45, 2.75) is 13.2 Å². The van der Waals surface area contributed by atoms with Gasteiger partial charge in [0.05, 0.1) is 18.6 Å². The van der Waals surface area contributed by atoms with Crippen LogP contribution in [0.25, 0.3) is 16.8 Å². The molecular formula is C29H21Cl2NO4S. The molecule has 0 bridgehead atoms. The van der Waals surface area contributed by atoms with Gasteiger partial charge in [-0.15, -0.1) is 0 Å². The summed E-state index contributed by atoms with van der Waals surface area (Å²) in [5.74, 6) is 0.699. The first-order valence-corrected chi connectivity index (χ1v) is 13.0. The fraction of sp³-hybridized carbons (Fsp3) is 0.103. The summed E-state index contributed by atoms with van der Waals surface area (Å²) < 4.78 is 11.6. The summed E-state index contributed by atoms with van der Waals surface area (Å²) in [5, 5.41) is 2.68. The molecule has 0 atom stereocenters. The van der Waals surface area contributed by atoms with Crippen LogP contribution in [0.5, 0.6) is 11.5 Å². The molecule has 1 aliphatic heterocycles. The minimum Gasteiger partial charge on any atom is -0.493 e. The lowest BCUT2D eigenvalue weighted by Crippen LogP contribution is -2.27. The van der Waals surface area contributed by atoms with Crippen LogP contribution in [0.4, 0.5) is 4.79 Å². The number of ether oxygens (including phenoxy) is 2. The predicted molar refractivity (Wildman–Crippen MR) is 149 cm³/mol. The summed E-state index contributed by atoms with van der Waals surface area (Å²) in [4.78, 5) is 27.2. The zero-order chi connectivity index (χ0) is 25.9. The van der Waals surface area contributed by atoms with Crippen molar-refractivity contribution in [1.82, 2.24) is 4.90 Å². The first-order chi connectivity index (χ1) is 17.9. The number of benzene rings is 4. The molecule has 0 radical (unpaired) electrons. The van der Waals surface area contributed by atoms with E-state index >= 15 is 0 Å². The largest absolute Gasteiger partial charge is 0.493 e. The van der Waals surface area contributed by atoms with Crippen LogP contribution in [0.15, 0.2) is 83.8 Å². The van der Waals surface area contributed by atoms with Crippen molar-refractivity contribution in [3.63, 3.8) is 0 Å². The van der Waals surface area contributed by atoms with Crippen LogP contribution in [0.1, 0.15) is 16.7 Å². The molecule has 5 rings (SSSR count). The molecule has 4 aromatic carbocycles. The van der Waals surface area contributed by atoms with Gasteiger partial charge >= 0.3 is 0 Å². The van der Waals surface area contributed by atoms with Gasteiger partial charge in [-0.1, -0.05) is 77.8 Å². The summed E-state index contributed by atoms with van der Waals surface area (Å²) in [5.41, 5.74) is 2.28. The molecule has 1 fully saturated rings. The molecular weight excluding hydrogens is 529 g/mol. The lowest BCUT2D eigenvalue weighted by molar-refractivity contribution is -0.123. The molecule has 5 nitrogen and oxygen atoms in total. The number of hydrogen-bond acceptors (Lipinski definition) is 5. The van der Waals surface area contributed by atoms with Crippen molar-refractivity contribution in [2.24, 2.45) is 0 Å². The average molecular weight is 550 g/mol. The van der Waals surface area contributed by atoms with Gasteiger partial charge in [-0.05, 0) is 64.0 Å². The van der Waals surface area contributed by atoms with E-state index in [0.717, 1.165) is 33.0 Å². The molecule has 8 heteroatoms. The third-order valence-corrected chi connectivity index (χ3v) is 7.62. The quantitative estimate of drug-likeness (QED) is 0.219. The van der Waals surface area contributed by atoms with Gasteiger partial charge in [-0.25, -0.2) is 0 Å². The number of halogens is 2. The Bertz CT molecular complexity index is 1530. The maximum atomic E-state index is 13.1. The zero-order valence-electron chi connectivity index (χ0n) is 19.7. The van der Waals surface area contributed by atoms with E-state index in [4.69, 9.17) is 32.7 Å². The van der Waals surface area contributed by atoms with Crippen molar-refractivity contribution in [2.75, 3.05) is 7.11 Å². The summed E-state index contributed by atoms with van der Waals surface area (Å²) in [7, 11) is 1.57. The molecule has 186 valence electrons.